The highest BCUT2D eigenvalue weighted by Crippen LogP contribution is 2.50. The lowest BCUT2D eigenvalue weighted by Crippen LogP contribution is -2.35. The van der Waals surface area contributed by atoms with Gasteiger partial charge in [0.2, 0.25) is 0 Å². The van der Waals surface area contributed by atoms with Gasteiger partial charge in [-0.1, -0.05) is 30.3 Å². The molecule has 2 fully saturated rings. The van der Waals surface area contributed by atoms with Crippen molar-refractivity contribution in [3.05, 3.63) is 88.9 Å². The van der Waals surface area contributed by atoms with Crippen LogP contribution in [0.2, 0.25) is 5.02 Å². The largest absolute Gasteiger partial charge is 0.444 e. The van der Waals surface area contributed by atoms with Gasteiger partial charge in [-0.15, -0.1) is 0 Å². The molecule has 236 valence electrons. The molecule has 2 saturated heterocycles. The van der Waals surface area contributed by atoms with Crippen LogP contribution in [0.1, 0.15) is 54.9 Å². The number of imidazole rings is 1. The third-order valence-corrected chi connectivity index (χ3v) is 9.46. The first-order valence-electron chi connectivity index (χ1n) is 15.6. The molecular formula is C34H33ClFN7O3. The average molecular weight is 642 g/mol. The van der Waals surface area contributed by atoms with Gasteiger partial charge in [0, 0.05) is 35.9 Å². The Kier molecular flexibility index (Phi) is 7.27. The number of H-pyrrole nitrogens is 1. The third-order valence-electron chi connectivity index (χ3n) is 9.22. The van der Waals surface area contributed by atoms with E-state index in [0.29, 0.717) is 40.3 Å². The molecule has 12 heteroatoms. The lowest BCUT2D eigenvalue weighted by atomic mass is 9.88. The summed E-state index contributed by atoms with van der Waals surface area (Å²) in [7, 11) is 0. The number of nitrogens with zero attached hydrogens (tertiary/aromatic N) is 6. The fourth-order valence-corrected chi connectivity index (χ4v) is 6.82. The summed E-state index contributed by atoms with van der Waals surface area (Å²) in [5.41, 5.74) is 3.84. The molecule has 0 aliphatic carbocycles. The molecule has 0 amide bonds. The van der Waals surface area contributed by atoms with Crippen molar-refractivity contribution in [2.45, 2.75) is 57.1 Å². The molecule has 1 N–H and O–H groups in total. The van der Waals surface area contributed by atoms with Gasteiger partial charge >= 0.3 is 0 Å². The fourth-order valence-electron chi connectivity index (χ4n) is 6.66. The van der Waals surface area contributed by atoms with Crippen molar-refractivity contribution in [2.24, 2.45) is 0 Å². The van der Waals surface area contributed by atoms with Gasteiger partial charge in [-0.3, -0.25) is 10.00 Å². The Labute approximate surface area is 270 Å². The van der Waals surface area contributed by atoms with Gasteiger partial charge in [0.25, 0.3) is 5.79 Å². The number of halogens is 2. The standard InChI is InChI=1S/C34H33ClFN7O3/c1-3-29-39-32(41-40-29)21-15-27-33(37-17-21)43(18-23-11-14-44-23)30(38-27)19-42-12-9-20(10-13-42)24-5-4-6-28-31(24)46-34(2,45-28)25-8-7-22(35)16-26(25)36/h3-8,15-17,20,23H,1,9-14,18-19H2,2H3,(H,39,40,41). The van der Waals surface area contributed by atoms with Crippen LogP contribution in [0.4, 0.5) is 4.39 Å². The van der Waals surface area contributed by atoms with Crippen LogP contribution in [-0.2, 0) is 23.6 Å². The number of para-hydroxylation sites is 1. The number of nitrogens with one attached hydrogen (secondary N) is 1. The number of rotatable bonds is 8. The molecule has 0 saturated carbocycles. The van der Waals surface area contributed by atoms with E-state index < -0.39 is 11.6 Å². The number of hydrogen-bond donors (Lipinski definition) is 1. The summed E-state index contributed by atoms with van der Waals surface area (Å²) in [6.07, 6.45) is 6.50. The minimum absolute atomic E-state index is 0.168. The highest BCUT2D eigenvalue weighted by atomic mass is 35.5. The monoisotopic (exact) mass is 641 g/mol. The fraction of sp³-hybridized carbons (Fsp3) is 0.353. The number of likely N-dealkylation sites (tertiary alicyclic amines) is 1. The Hall–Kier alpha value is -4.32. The summed E-state index contributed by atoms with van der Waals surface area (Å²) in [5.74, 6) is 2.00. The van der Waals surface area contributed by atoms with Gasteiger partial charge in [-0.25, -0.2) is 19.3 Å². The van der Waals surface area contributed by atoms with Crippen LogP contribution >= 0.6 is 11.6 Å². The minimum atomic E-state index is -1.27. The van der Waals surface area contributed by atoms with Crippen LogP contribution in [0.15, 0.2) is 55.2 Å². The predicted octanol–water partition coefficient (Wildman–Crippen LogP) is 6.46. The molecule has 6 heterocycles. The van der Waals surface area contributed by atoms with Gasteiger partial charge in [-0.05, 0) is 74.7 Å². The lowest BCUT2D eigenvalue weighted by Gasteiger charge is -2.33. The van der Waals surface area contributed by atoms with Crippen molar-refractivity contribution in [1.82, 2.24) is 34.6 Å². The zero-order valence-electron chi connectivity index (χ0n) is 25.4. The quantitative estimate of drug-likeness (QED) is 0.206. The highest BCUT2D eigenvalue weighted by molar-refractivity contribution is 6.30. The molecule has 2 atom stereocenters. The summed E-state index contributed by atoms with van der Waals surface area (Å²) in [5, 5.41) is 7.49. The van der Waals surface area contributed by atoms with E-state index in [4.69, 9.17) is 35.8 Å². The second-order valence-electron chi connectivity index (χ2n) is 12.2. The van der Waals surface area contributed by atoms with Crippen LogP contribution in [0.25, 0.3) is 28.6 Å². The first-order chi connectivity index (χ1) is 22.4. The van der Waals surface area contributed by atoms with Crippen molar-refractivity contribution >= 4 is 28.8 Å². The smallest absolute Gasteiger partial charge is 0.278 e. The number of benzene rings is 2. The molecule has 0 spiro atoms. The van der Waals surface area contributed by atoms with Crippen molar-refractivity contribution in [3.8, 4) is 22.9 Å². The van der Waals surface area contributed by atoms with Gasteiger partial charge in [0.1, 0.15) is 23.0 Å². The molecule has 3 aliphatic rings. The second-order valence-corrected chi connectivity index (χ2v) is 12.7. The van der Waals surface area contributed by atoms with E-state index in [2.05, 4.69) is 37.3 Å². The molecule has 0 bridgehead atoms. The molecular weight excluding hydrogens is 609 g/mol. The average Bonchev–Trinajstić information content (AvgIpc) is 3.74. The van der Waals surface area contributed by atoms with Crippen molar-refractivity contribution < 1.29 is 18.6 Å². The normalized spacial score (nSPS) is 21.5. The van der Waals surface area contributed by atoms with E-state index in [9.17, 15) is 4.39 Å². The van der Waals surface area contributed by atoms with Crippen molar-refractivity contribution in [2.75, 3.05) is 19.7 Å². The van der Waals surface area contributed by atoms with Crippen LogP contribution in [0, 0.1) is 5.82 Å². The Morgan fingerprint density at radius 1 is 1.13 bits per heavy atom. The molecule has 8 rings (SSSR count). The number of aromatic nitrogens is 6. The Morgan fingerprint density at radius 2 is 1.98 bits per heavy atom. The summed E-state index contributed by atoms with van der Waals surface area (Å²) in [6.45, 7) is 9.49. The third kappa shape index (κ3) is 5.22. The number of piperidine rings is 1. The zero-order chi connectivity index (χ0) is 31.4. The van der Waals surface area contributed by atoms with Crippen LogP contribution in [0.5, 0.6) is 11.5 Å². The number of pyridine rings is 1. The Balaban J connectivity index is 0.999. The maximum Gasteiger partial charge on any atom is 0.278 e. The van der Waals surface area contributed by atoms with E-state index in [1.807, 2.05) is 18.2 Å². The van der Waals surface area contributed by atoms with E-state index in [-0.39, 0.29) is 12.0 Å². The molecule has 2 unspecified atom stereocenters. The minimum Gasteiger partial charge on any atom is -0.444 e. The summed E-state index contributed by atoms with van der Waals surface area (Å²) in [6, 6.07) is 12.5. The number of fused-ring (bicyclic) bond motifs is 2. The lowest BCUT2D eigenvalue weighted by molar-refractivity contribution is -0.0712. The first kappa shape index (κ1) is 29.1. The number of ether oxygens (including phenoxy) is 3. The second kappa shape index (κ2) is 11.5. The van der Waals surface area contributed by atoms with E-state index in [0.717, 1.165) is 73.6 Å². The van der Waals surface area contributed by atoms with Gasteiger partial charge in [-0.2, -0.15) is 5.10 Å². The topological polar surface area (TPSA) is 103 Å². The molecule has 46 heavy (non-hydrogen) atoms. The summed E-state index contributed by atoms with van der Waals surface area (Å²) in [4.78, 5) is 16.7. The Bertz CT molecular complexity index is 1950. The molecule has 3 aliphatic heterocycles. The van der Waals surface area contributed by atoms with Crippen LogP contribution < -0.4 is 9.47 Å². The van der Waals surface area contributed by atoms with E-state index >= 15 is 0 Å². The van der Waals surface area contributed by atoms with Gasteiger partial charge < -0.3 is 18.8 Å². The number of hydrogen-bond acceptors (Lipinski definition) is 8. The maximum atomic E-state index is 14.9. The summed E-state index contributed by atoms with van der Waals surface area (Å²) >= 11 is 6.00. The molecule has 0 radical (unpaired) electrons. The zero-order valence-corrected chi connectivity index (χ0v) is 26.1. The highest BCUT2D eigenvalue weighted by Gasteiger charge is 2.43. The first-order valence-corrected chi connectivity index (χ1v) is 16.0. The van der Waals surface area contributed by atoms with Crippen molar-refractivity contribution in [3.63, 3.8) is 0 Å². The van der Waals surface area contributed by atoms with Gasteiger partial charge in [0.15, 0.2) is 23.0 Å². The Morgan fingerprint density at radius 3 is 2.72 bits per heavy atom. The predicted molar refractivity (Wildman–Crippen MR) is 171 cm³/mol. The van der Waals surface area contributed by atoms with E-state index in [1.54, 1.807) is 31.3 Å². The molecule has 2 aromatic carbocycles. The van der Waals surface area contributed by atoms with Crippen LogP contribution in [-0.4, -0.2) is 60.4 Å². The molecule has 10 nitrogen and oxygen atoms in total. The van der Waals surface area contributed by atoms with Gasteiger partial charge in [0.05, 0.1) is 24.8 Å². The SMILES string of the molecule is C=Cc1nc(-c2cnc3c(c2)nc(CN2CCC(c4cccc5c4OC(C)(c4ccc(Cl)cc4F)O5)CC2)n3CC2CCO2)n[nH]1. The number of aromatic amines is 1. The maximum absolute atomic E-state index is 14.9. The molecule has 3 aromatic heterocycles. The molecule has 5 aromatic rings. The van der Waals surface area contributed by atoms with Crippen LogP contribution in [0.3, 0.4) is 0 Å². The summed E-state index contributed by atoms with van der Waals surface area (Å²) < 4.78 is 35.5. The van der Waals surface area contributed by atoms with E-state index in [1.165, 1.54) is 6.07 Å². The van der Waals surface area contributed by atoms with Crippen molar-refractivity contribution in [1.29, 1.82) is 0 Å².